The van der Waals surface area contributed by atoms with Gasteiger partial charge in [0, 0.05) is 32.6 Å². The molecule has 6 heteroatoms. The number of nitrogens with zero attached hydrogens (tertiary/aromatic N) is 3. The Morgan fingerprint density at radius 1 is 1.20 bits per heavy atom. The quantitative estimate of drug-likeness (QED) is 0.927. The van der Waals surface area contributed by atoms with Gasteiger partial charge in [-0.05, 0) is 48.7 Å². The summed E-state index contributed by atoms with van der Waals surface area (Å²) in [6.07, 6.45) is 2.49. The molecule has 1 aromatic heterocycles. The Balaban J connectivity index is 1.50. The standard InChI is InChI=1S/C19H22FN3O2/c1-14-12-16(20)4-2-15(14)3-7-19(25)23-10-8-22(9-11-23)18-6-5-17(24)13-21-18/h2,4-6,12-13,24H,3,7-11H2,1H3. The van der Waals surface area contributed by atoms with Gasteiger partial charge in [-0.3, -0.25) is 4.79 Å². The maximum atomic E-state index is 13.1. The zero-order valence-electron chi connectivity index (χ0n) is 14.3. The van der Waals surface area contributed by atoms with Crippen LogP contribution in [0, 0.1) is 12.7 Å². The van der Waals surface area contributed by atoms with Gasteiger partial charge < -0.3 is 14.9 Å². The van der Waals surface area contributed by atoms with Gasteiger partial charge in [0.25, 0.3) is 0 Å². The number of pyridine rings is 1. The van der Waals surface area contributed by atoms with E-state index < -0.39 is 0 Å². The van der Waals surface area contributed by atoms with E-state index >= 15 is 0 Å². The third-order valence-corrected chi connectivity index (χ3v) is 4.60. The number of hydrogen-bond donors (Lipinski definition) is 1. The first-order valence-corrected chi connectivity index (χ1v) is 8.46. The van der Waals surface area contributed by atoms with Crippen LogP contribution in [0.3, 0.4) is 0 Å². The summed E-state index contributed by atoms with van der Waals surface area (Å²) in [5.41, 5.74) is 1.90. The molecule has 5 nitrogen and oxygen atoms in total. The van der Waals surface area contributed by atoms with Crippen molar-refractivity contribution in [3.05, 3.63) is 53.5 Å². The molecule has 0 saturated carbocycles. The molecule has 1 aliphatic rings. The molecule has 25 heavy (non-hydrogen) atoms. The third kappa shape index (κ3) is 4.26. The molecular weight excluding hydrogens is 321 g/mol. The molecule has 0 unspecified atom stereocenters. The van der Waals surface area contributed by atoms with Crippen LogP contribution in [0.15, 0.2) is 36.5 Å². The zero-order chi connectivity index (χ0) is 17.8. The van der Waals surface area contributed by atoms with E-state index in [1.54, 1.807) is 18.2 Å². The predicted octanol–water partition coefficient (Wildman–Crippen LogP) is 2.52. The highest BCUT2D eigenvalue weighted by Crippen LogP contribution is 2.17. The molecule has 0 spiro atoms. The van der Waals surface area contributed by atoms with Crippen molar-refractivity contribution in [3.8, 4) is 5.75 Å². The number of carbonyl (C=O) groups is 1. The summed E-state index contributed by atoms with van der Waals surface area (Å²) in [5, 5.41) is 9.30. The highest BCUT2D eigenvalue weighted by atomic mass is 19.1. The van der Waals surface area contributed by atoms with Crippen LogP contribution in [0.2, 0.25) is 0 Å². The van der Waals surface area contributed by atoms with Crippen LogP contribution in [0.1, 0.15) is 17.5 Å². The summed E-state index contributed by atoms with van der Waals surface area (Å²) in [4.78, 5) is 20.6. The Morgan fingerprint density at radius 3 is 2.60 bits per heavy atom. The summed E-state index contributed by atoms with van der Waals surface area (Å²) >= 11 is 0. The van der Waals surface area contributed by atoms with E-state index in [0.29, 0.717) is 25.9 Å². The number of piperazine rings is 1. The maximum Gasteiger partial charge on any atom is 0.223 e. The van der Waals surface area contributed by atoms with Crippen LogP contribution < -0.4 is 4.90 Å². The highest BCUT2D eigenvalue weighted by molar-refractivity contribution is 5.76. The minimum Gasteiger partial charge on any atom is -0.506 e. The largest absolute Gasteiger partial charge is 0.506 e. The summed E-state index contributed by atoms with van der Waals surface area (Å²) < 4.78 is 13.1. The van der Waals surface area contributed by atoms with Crippen LogP contribution in [0.25, 0.3) is 0 Å². The second-order valence-corrected chi connectivity index (χ2v) is 6.31. The molecule has 2 heterocycles. The maximum absolute atomic E-state index is 13.1. The highest BCUT2D eigenvalue weighted by Gasteiger charge is 2.21. The fraction of sp³-hybridized carbons (Fsp3) is 0.368. The van der Waals surface area contributed by atoms with Gasteiger partial charge in [-0.25, -0.2) is 9.37 Å². The lowest BCUT2D eigenvalue weighted by Gasteiger charge is -2.35. The van der Waals surface area contributed by atoms with Crippen LogP contribution >= 0.6 is 0 Å². The van der Waals surface area contributed by atoms with Crippen molar-refractivity contribution in [3.63, 3.8) is 0 Å². The number of benzene rings is 1. The van der Waals surface area contributed by atoms with Crippen LogP contribution in [0.4, 0.5) is 10.2 Å². The van der Waals surface area contributed by atoms with Gasteiger partial charge >= 0.3 is 0 Å². The smallest absolute Gasteiger partial charge is 0.223 e. The van der Waals surface area contributed by atoms with Crippen molar-refractivity contribution in [2.75, 3.05) is 31.1 Å². The van der Waals surface area contributed by atoms with Gasteiger partial charge in [-0.15, -0.1) is 0 Å². The summed E-state index contributed by atoms with van der Waals surface area (Å²) in [6, 6.07) is 8.10. The molecule has 0 bridgehead atoms. The summed E-state index contributed by atoms with van der Waals surface area (Å²) in [7, 11) is 0. The number of aromatic hydroxyl groups is 1. The molecule has 1 fully saturated rings. The number of carbonyl (C=O) groups excluding carboxylic acids is 1. The number of halogens is 1. The van der Waals surface area contributed by atoms with Crippen LogP contribution in [0.5, 0.6) is 5.75 Å². The predicted molar refractivity (Wildman–Crippen MR) is 94.2 cm³/mol. The van der Waals surface area contributed by atoms with Crippen LogP contribution in [-0.4, -0.2) is 47.1 Å². The molecule has 1 saturated heterocycles. The molecule has 132 valence electrons. The fourth-order valence-electron chi connectivity index (χ4n) is 3.09. The topological polar surface area (TPSA) is 56.7 Å². The van der Waals surface area contributed by atoms with Gasteiger partial charge in [0.15, 0.2) is 0 Å². The number of hydrogen-bond acceptors (Lipinski definition) is 4. The SMILES string of the molecule is Cc1cc(F)ccc1CCC(=O)N1CCN(c2ccc(O)cn2)CC1. The lowest BCUT2D eigenvalue weighted by Crippen LogP contribution is -2.49. The van der Waals surface area contributed by atoms with Gasteiger partial charge in [-0.1, -0.05) is 6.07 Å². The second-order valence-electron chi connectivity index (χ2n) is 6.31. The molecule has 1 aliphatic heterocycles. The molecule has 0 aliphatic carbocycles. The first-order valence-electron chi connectivity index (χ1n) is 8.46. The fourth-order valence-corrected chi connectivity index (χ4v) is 3.09. The van der Waals surface area contributed by atoms with E-state index in [0.717, 1.165) is 30.0 Å². The van der Waals surface area contributed by atoms with Crippen molar-refractivity contribution in [1.82, 2.24) is 9.88 Å². The van der Waals surface area contributed by atoms with Crippen molar-refractivity contribution in [2.24, 2.45) is 0 Å². The van der Waals surface area contributed by atoms with Crippen LogP contribution in [-0.2, 0) is 11.2 Å². The van der Waals surface area contributed by atoms with Gasteiger partial charge in [0.05, 0.1) is 6.20 Å². The Bertz CT molecular complexity index is 741. The average molecular weight is 343 g/mol. The summed E-state index contributed by atoms with van der Waals surface area (Å²) in [6.45, 7) is 4.62. The molecule has 3 rings (SSSR count). The van der Waals surface area contributed by atoms with Gasteiger partial charge in [0.2, 0.25) is 5.91 Å². The van der Waals surface area contributed by atoms with Crippen molar-refractivity contribution >= 4 is 11.7 Å². The molecule has 1 aromatic carbocycles. The van der Waals surface area contributed by atoms with Gasteiger partial charge in [0.1, 0.15) is 17.4 Å². The first kappa shape index (κ1) is 17.2. The minimum absolute atomic E-state index is 0.127. The number of anilines is 1. The Morgan fingerprint density at radius 2 is 1.96 bits per heavy atom. The minimum atomic E-state index is -0.244. The Labute approximate surface area is 146 Å². The van der Waals surface area contributed by atoms with Crippen molar-refractivity contribution < 1.29 is 14.3 Å². The van der Waals surface area contributed by atoms with E-state index in [4.69, 9.17) is 0 Å². The van der Waals surface area contributed by atoms with Crippen molar-refractivity contribution in [1.29, 1.82) is 0 Å². The molecule has 2 aromatic rings. The third-order valence-electron chi connectivity index (χ3n) is 4.60. The normalized spacial score (nSPS) is 14.6. The lowest BCUT2D eigenvalue weighted by atomic mass is 10.0. The molecule has 1 amide bonds. The number of rotatable bonds is 4. The number of aromatic nitrogens is 1. The van der Waals surface area contributed by atoms with E-state index in [1.807, 2.05) is 11.8 Å². The Kier molecular flexibility index (Phi) is 5.16. The van der Waals surface area contributed by atoms with Gasteiger partial charge in [-0.2, -0.15) is 0 Å². The lowest BCUT2D eigenvalue weighted by molar-refractivity contribution is -0.131. The zero-order valence-corrected chi connectivity index (χ0v) is 14.3. The van der Waals surface area contributed by atoms with E-state index in [9.17, 15) is 14.3 Å². The van der Waals surface area contributed by atoms with Crippen molar-refractivity contribution in [2.45, 2.75) is 19.8 Å². The molecular formula is C19H22FN3O2. The van der Waals surface area contributed by atoms with E-state index in [-0.39, 0.29) is 17.5 Å². The Hall–Kier alpha value is -2.63. The monoisotopic (exact) mass is 343 g/mol. The molecule has 1 N–H and O–H groups in total. The molecule has 0 atom stereocenters. The van der Waals surface area contributed by atoms with E-state index in [1.165, 1.54) is 18.3 Å². The van der Waals surface area contributed by atoms with E-state index in [2.05, 4.69) is 9.88 Å². The second kappa shape index (κ2) is 7.51. The average Bonchev–Trinajstić information content (AvgIpc) is 2.61. The molecule has 0 radical (unpaired) electrons. The summed E-state index contributed by atoms with van der Waals surface area (Å²) in [5.74, 6) is 0.842. The first-order chi connectivity index (χ1) is 12.0. The number of amides is 1. The number of aryl methyl sites for hydroxylation is 2.